The summed E-state index contributed by atoms with van der Waals surface area (Å²) in [5, 5.41) is 0. The fraction of sp³-hybridized carbons (Fsp3) is 1.00. The second-order valence-corrected chi connectivity index (χ2v) is 2.31. The Labute approximate surface area is 55.6 Å². The zero-order valence-electron chi connectivity index (χ0n) is 5.80. The Kier molecular flexibility index (Phi) is 3.07. The maximum Gasteiger partial charge on any atom is 0.0802 e. The van der Waals surface area contributed by atoms with Crippen molar-refractivity contribution in [2.75, 3.05) is 6.54 Å². The quantitative estimate of drug-likeness (QED) is 0.343. The first-order chi connectivity index (χ1) is 4.04. The summed E-state index contributed by atoms with van der Waals surface area (Å²) in [6, 6.07) is -0.303. The van der Waals surface area contributed by atoms with E-state index in [1.807, 2.05) is 6.92 Å². The van der Waals surface area contributed by atoms with Crippen LogP contribution >= 0.6 is 0 Å². The van der Waals surface area contributed by atoms with Crippen molar-refractivity contribution < 1.29 is 0 Å². The molecule has 4 nitrogen and oxygen atoms in total. The third-order valence-corrected chi connectivity index (χ3v) is 1.56. The summed E-state index contributed by atoms with van der Waals surface area (Å²) in [4.78, 5) is 0. The third kappa shape index (κ3) is 2.28. The van der Waals surface area contributed by atoms with Gasteiger partial charge in [-0.15, -0.1) is 0 Å². The summed E-state index contributed by atoms with van der Waals surface area (Å²) in [6.07, 6.45) is 0.644. The van der Waals surface area contributed by atoms with Crippen LogP contribution < -0.4 is 22.9 Å². The highest BCUT2D eigenvalue weighted by molar-refractivity contribution is 4.87. The van der Waals surface area contributed by atoms with Crippen LogP contribution in [0.15, 0.2) is 0 Å². The average Bonchev–Trinajstić information content (AvgIpc) is 1.86. The number of hydrogen-bond donors (Lipinski definition) is 4. The van der Waals surface area contributed by atoms with Crippen molar-refractivity contribution in [1.29, 1.82) is 0 Å². The van der Waals surface area contributed by atoms with Gasteiger partial charge < -0.3 is 22.9 Å². The topological polar surface area (TPSA) is 104 Å². The monoisotopic (exact) mass is 132 g/mol. The van der Waals surface area contributed by atoms with E-state index < -0.39 is 5.66 Å². The molecule has 0 saturated heterocycles. The lowest BCUT2D eigenvalue weighted by atomic mass is 10.0. The second-order valence-electron chi connectivity index (χ2n) is 2.31. The van der Waals surface area contributed by atoms with Crippen LogP contribution in [0.1, 0.15) is 13.3 Å². The minimum Gasteiger partial charge on any atom is -0.329 e. The van der Waals surface area contributed by atoms with Gasteiger partial charge in [0.1, 0.15) is 0 Å². The van der Waals surface area contributed by atoms with Gasteiger partial charge in [-0.05, 0) is 6.42 Å². The Morgan fingerprint density at radius 2 is 1.89 bits per heavy atom. The van der Waals surface area contributed by atoms with Crippen molar-refractivity contribution in [1.82, 2.24) is 0 Å². The molecular formula is C5H16N4. The van der Waals surface area contributed by atoms with E-state index in [1.54, 1.807) is 0 Å². The summed E-state index contributed by atoms with van der Waals surface area (Å²) in [5.74, 6) is 0. The Morgan fingerprint density at radius 3 is 2.00 bits per heavy atom. The lowest BCUT2D eigenvalue weighted by Gasteiger charge is -2.28. The Morgan fingerprint density at radius 1 is 1.44 bits per heavy atom. The van der Waals surface area contributed by atoms with E-state index in [9.17, 15) is 0 Å². The Hall–Kier alpha value is -0.160. The summed E-state index contributed by atoms with van der Waals surface area (Å²) in [6.45, 7) is 2.22. The average molecular weight is 132 g/mol. The molecule has 0 fully saturated rings. The molecule has 0 aromatic rings. The van der Waals surface area contributed by atoms with E-state index in [2.05, 4.69) is 0 Å². The van der Waals surface area contributed by atoms with Crippen LogP contribution in [-0.2, 0) is 0 Å². The van der Waals surface area contributed by atoms with Crippen molar-refractivity contribution in [3.8, 4) is 0 Å². The van der Waals surface area contributed by atoms with Crippen LogP contribution in [0.2, 0.25) is 0 Å². The van der Waals surface area contributed by atoms with Crippen molar-refractivity contribution in [3.63, 3.8) is 0 Å². The lowest BCUT2D eigenvalue weighted by Crippen LogP contribution is -2.64. The molecule has 0 aliphatic rings. The standard InChI is InChI=1S/C5H16N4/c1-2-5(8,9)4(7)3-6/h4H,2-3,6-9H2,1H3. The van der Waals surface area contributed by atoms with Gasteiger partial charge in [-0.3, -0.25) is 0 Å². The van der Waals surface area contributed by atoms with Crippen molar-refractivity contribution in [2.45, 2.75) is 25.0 Å². The minimum atomic E-state index is -0.797. The Balaban J connectivity index is 3.80. The molecule has 1 unspecified atom stereocenters. The predicted octanol–water partition coefficient (Wildman–Crippen LogP) is -1.70. The third-order valence-electron chi connectivity index (χ3n) is 1.56. The van der Waals surface area contributed by atoms with Crippen molar-refractivity contribution in [2.24, 2.45) is 22.9 Å². The molecule has 4 heteroatoms. The largest absolute Gasteiger partial charge is 0.329 e. The van der Waals surface area contributed by atoms with E-state index in [4.69, 9.17) is 22.9 Å². The molecule has 0 amide bonds. The van der Waals surface area contributed by atoms with E-state index in [-0.39, 0.29) is 6.04 Å². The van der Waals surface area contributed by atoms with Crippen molar-refractivity contribution in [3.05, 3.63) is 0 Å². The first kappa shape index (κ1) is 8.84. The smallest absolute Gasteiger partial charge is 0.0802 e. The summed E-state index contributed by atoms with van der Waals surface area (Å²) in [5.41, 5.74) is 21.0. The van der Waals surface area contributed by atoms with Gasteiger partial charge in [0, 0.05) is 12.6 Å². The highest BCUT2D eigenvalue weighted by Gasteiger charge is 2.23. The minimum absolute atomic E-state index is 0.303. The normalized spacial score (nSPS) is 15.7. The maximum absolute atomic E-state index is 5.54. The molecule has 56 valence electrons. The first-order valence-corrected chi connectivity index (χ1v) is 3.08. The lowest BCUT2D eigenvalue weighted by molar-refractivity contribution is 0.347. The van der Waals surface area contributed by atoms with E-state index >= 15 is 0 Å². The van der Waals surface area contributed by atoms with E-state index in [1.165, 1.54) is 0 Å². The molecule has 0 saturated carbocycles. The molecule has 0 aliphatic heterocycles. The molecule has 0 bridgehead atoms. The van der Waals surface area contributed by atoms with Crippen LogP contribution in [0.4, 0.5) is 0 Å². The number of rotatable bonds is 3. The molecule has 9 heavy (non-hydrogen) atoms. The zero-order chi connectivity index (χ0) is 7.49. The van der Waals surface area contributed by atoms with Gasteiger partial charge in [-0.1, -0.05) is 6.92 Å². The highest BCUT2D eigenvalue weighted by Crippen LogP contribution is 1.99. The molecule has 0 rings (SSSR count). The molecule has 8 N–H and O–H groups in total. The molecule has 1 atom stereocenters. The number of hydrogen-bond acceptors (Lipinski definition) is 4. The van der Waals surface area contributed by atoms with Gasteiger partial charge in [-0.25, -0.2) is 0 Å². The second kappa shape index (κ2) is 3.12. The highest BCUT2D eigenvalue weighted by atomic mass is 15.0. The summed E-state index contributed by atoms with van der Waals surface area (Å²) < 4.78 is 0. The Bertz CT molecular complexity index is 81.0. The fourth-order valence-corrected chi connectivity index (χ4v) is 0.482. The maximum atomic E-state index is 5.54. The molecule has 0 spiro atoms. The van der Waals surface area contributed by atoms with E-state index in [0.717, 1.165) is 0 Å². The van der Waals surface area contributed by atoms with Crippen LogP contribution in [-0.4, -0.2) is 18.2 Å². The van der Waals surface area contributed by atoms with Crippen LogP contribution in [0, 0.1) is 0 Å². The van der Waals surface area contributed by atoms with E-state index in [0.29, 0.717) is 13.0 Å². The van der Waals surface area contributed by atoms with Crippen molar-refractivity contribution >= 4 is 0 Å². The zero-order valence-corrected chi connectivity index (χ0v) is 5.80. The SMILES string of the molecule is CCC(N)(N)C(N)CN. The van der Waals surface area contributed by atoms with Crippen LogP contribution in [0.5, 0.6) is 0 Å². The van der Waals surface area contributed by atoms with Gasteiger partial charge in [0.05, 0.1) is 5.66 Å². The fourth-order valence-electron chi connectivity index (χ4n) is 0.482. The summed E-state index contributed by atoms with van der Waals surface area (Å²) >= 11 is 0. The van der Waals surface area contributed by atoms with Gasteiger partial charge >= 0.3 is 0 Å². The summed E-state index contributed by atoms with van der Waals surface area (Å²) in [7, 11) is 0. The predicted molar refractivity (Wildman–Crippen MR) is 38.4 cm³/mol. The first-order valence-electron chi connectivity index (χ1n) is 3.08. The molecule has 0 aromatic carbocycles. The van der Waals surface area contributed by atoms with Crippen LogP contribution in [0.3, 0.4) is 0 Å². The van der Waals surface area contributed by atoms with Gasteiger partial charge in [0.25, 0.3) is 0 Å². The number of nitrogens with two attached hydrogens (primary N) is 4. The van der Waals surface area contributed by atoms with Gasteiger partial charge in [0.2, 0.25) is 0 Å². The van der Waals surface area contributed by atoms with Crippen LogP contribution in [0.25, 0.3) is 0 Å². The molecule has 0 radical (unpaired) electrons. The molecule has 0 heterocycles. The molecule has 0 aromatic heterocycles. The van der Waals surface area contributed by atoms with Gasteiger partial charge in [-0.2, -0.15) is 0 Å². The molecule has 0 aliphatic carbocycles. The van der Waals surface area contributed by atoms with Gasteiger partial charge in [0.15, 0.2) is 0 Å². The molecular weight excluding hydrogens is 116 g/mol.